The zero-order chi connectivity index (χ0) is 15.4. The van der Waals surface area contributed by atoms with Gasteiger partial charge in [0, 0.05) is 5.02 Å². The first kappa shape index (κ1) is 15.3. The van der Waals surface area contributed by atoms with Crippen molar-refractivity contribution in [1.29, 1.82) is 0 Å². The van der Waals surface area contributed by atoms with Crippen molar-refractivity contribution in [2.75, 3.05) is 5.43 Å². The highest BCUT2D eigenvalue weighted by Gasteiger charge is 2.10. The zero-order valence-corrected chi connectivity index (χ0v) is 12.7. The van der Waals surface area contributed by atoms with E-state index in [0.717, 1.165) is 5.56 Å². The second-order valence-electron chi connectivity index (χ2n) is 4.55. The summed E-state index contributed by atoms with van der Waals surface area (Å²) in [5.74, 6) is 6.04. The van der Waals surface area contributed by atoms with Crippen LogP contribution in [0.3, 0.4) is 0 Å². The van der Waals surface area contributed by atoms with Gasteiger partial charge >= 0.3 is 12.0 Å². The van der Waals surface area contributed by atoms with Crippen molar-refractivity contribution in [3.63, 3.8) is 0 Å². The molecule has 0 saturated heterocycles. The molecule has 1 aromatic heterocycles. The fourth-order valence-corrected chi connectivity index (χ4v) is 1.62. The number of ether oxygens (including phenoxy) is 2. The smallest absolute Gasteiger partial charge is 0.330 e. The van der Waals surface area contributed by atoms with Crippen molar-refractivity contribution >= 4 is 17.5 Å². The Morgan fingerprint density at radius 3 is 2.52 bits per heavy atom. The molecule has 8 heteroatoms. The van der Waals surface area contributed by atoms with Crippen LogP contribution in [0, 0.1) is 6.92 Å². The van der Waals surface area contributed by atoms with E-state index in [-0.39, 0.29) is 24.1 Å². The van der Waals surface area contributed by atoms with Crippen molar-refractivity contribution in [3.05, 3.63) is 28.8 Å². The van der Waals surface area contributed by atoms with Crippen molar-refractivity contribution in [1.82, 2.24) is 15.0 Å². The lowest BCUT2D eigenvalue weighted by Gasteiger charge is -2.10. The Bertz CT molecular complexity index is 636. The van der Waals surface area contributed by atoms with Gasteiger partial charge in [-0.15, -0.1) is 4.98 Å². The van der Waals surface area contributed by atoms with E-state index < -0.39 is 0 Å². The van der Waals surface area contributed by atoms with Crippen LogP contribution in [0.25, 0.3) is 0 Å². The third kappa shape index (κ3) is 4.17. The molecule has 0 saturated carbocycles. The van der Waals surface area contributed by atoms with Gasteiger partial charge in [-0.1, -0.05) is 11.6 Å². The molecule has 0 fully saturated rings. The number of nitrogens with one attached hydrogen (secondary N) is 1. The van der Waals surface area contributed by atoms with Gasteiger partial charge in [-0.3, -0.25) is 5.43 Å². The van der Waals surface area contributed by atoms with Gasteiger partial charge in [0.2, 0.25) is 5.95 Å². The van der Waals surface area contributed by atoms with E-state index in [9.17, 15) is 0 Å². The number of benzene rings is 1. The molecule has 0 aliphatic rings. The summed E-state index contributed by atoms with van der Waals surface area (Å²) in [6.07, 6.45) is -0.0800. The van der Waals surface area contributed by atoms with E-state index in [1.807, 2.05) is 20.8 Å². The summed E-state index contributed by atoms with van der Waals surface area (Å²) in [7, 11) is 0. The maximum absolute atomic E-state index is 5.97. The average molecular weight is 310 g/mol. The molecule has 0 amide bonds. The summed E-state index contributed by atoms with van der Waals surface area (Å²) in [6, 6.07) is 5.45. The van der Waals surface area contributed by atoms with Crippen LogP contribution in [0.4, 0.5) is 5.95 Å². The number of aromatic nitrogens is 3. The summed E-state index contributed by atoms with van der Waals surface area (Å²) in [6.45, 7) is 5.60. The molecule has 7 nitrogen and oxygen atoms in total. The molecule has 1 aromatic carbocycles. The first-order valence-corrected chi connectivity index (χ1v) is 6.69. The van der Waals surface area contributed by atoms with Gasteiger partial charge in [0.1, 0.15) is 5.75 Å². The Balaban J connectivity index is 2.27. The number of rotatable bonds is 5. The number of nitrogens with two attached hydrogens (primary N) is 1. The molecule has 0 atom stereocenters. The molecule has 0 unspecified atom stereocenters. The van der Waals surface area contributed by atoms with E-state index in [0.29, 0.717) is 10.8 Å². The lowest BCUT2D eigenvalue weighted by atomic mass is 10.2. The minimum absolute atomic E-state index is 0.0790. The summed E-state index contributed by atoms with van der Waals surface area (Å²) >= 11 is 5.97. The monoisotopic (exact) mass is 309 g/mol. The molecule has 0 aliphatic carbocycles. The summed E-state index contributed by atoms with van der Waals surface area (Å²) in [4.78, 5) is 12.1. The van der Waals surface area contributed by atoms with Crippen LogP contribution in [0.5, 0.6) is 17.8 Å². The van der Waals surface area contributed by atoms with Crippen LogP contribution in [-0.4, -0.2) is 21.1 Å². The van der Waals surface area contributed by atoms with Gasteiger partial charge in [0.25, 0.3) is 0 Å². The van der Waals surface area contributed by atoms with Crippen molar-refractivity contribution in [2.45, 2.75) is 26.9 Å². The lowest BCUT2D eigenvalue weighted by Crippen LogP contribution is -2.14. The molecular formula is C13H16ClN5O2. The fourth-order valence-electron chi connectivity index (χ4n) is 1.50. The molecule has 2 aromatic rings. The SMILES string of the molecule is Cc1cc(Oc2nc(NN)nc(OC(C)C)n2)ccc1Cl. The van der Waals surface area contributed by atoms with Gasteiger partial charge < -0.3 is 9.47 Å². The summed E-state index contributed by atoms with van der Waals surface area (Å²) in [5, 5.41) is 0.658. The van der Waals surface area contributed by atoms with Gasteiger partial charge in [-0.2, -0.15) is 9.97 Å². The summed E-state index contributed by atoms with van der Waals surface area (Å²) < 4.78 is 11.0. The zero-order valence-electron chi connectivity index (χ0n) is 11.9. The highest BCUT2D eigenvalue weighted by atomic mass is 35.5. The van der Waals surface area contributed by atoms with Crippen LogP contribution < -0.4 is 20.7 Å². The highest BCUT2D eigenvalue weighted by molar-refractivity contribution is 6.31. The van der Waals surface area contributed by atoms with Crippen LogP contribution in [-0.2, 0) is 0 Å². The maximum atomic E-state index is 5.97. The minimum atomic E-state index is -0.0800. The molecule has 112 valence electrons. The number of hydrogen-bond acceptors (Lipinski definition) is 7. The minimum Gasteiger partial charge on any atom is -0.461 e. The quantitative estimate of drug-likeness (QED) is 0.647. The largest absolute Gasteiger partial charge is 0.461 e. The van der Waals surface area contributed by atoms with Crippen LogP contribution in [0.15, 0.2) is 18.2 Å². The Morgan fingerprint density at radius 1 is 1.19 bits per heavy atom. The number of hydrazine groups is 1. The number of aryl methyl sites for hydroxylation is 1. The normalized spacial score (nSPS) is 10.6. The van der Waals surface area contributed by atoms with E-state index in [4.69, 9.17) is 26.9 Å². The number of nitrogen functional groups attached to an aromatic ring is 1. The molecule has 0 radical (unpaired) electrons. The molecule has 0 spiro atoms. The van der Waals surface area contributed by atoms with E-state index in [1.54, 1.807) is 18.2 Å². The van der Waals surface area contributed by atoms with Gasteiger partial charge in [0.15, 0.2) is 0 Å². The predicted octanol–water partition coefficient (Wildman–Crippen LogP) is 2.70. The molecule has 3 N–H and O–H groups in total. The van der Waals surface area contributed by atoms with E-state index >= 15 is 0 Å². The van der Waals surface area contributed by atoms with E-state index in [1.165, 1.54) is 0 Å². The molecule has 0 bridgehead atoms. The number of anilines is 1. The maximum Gasteiger partial charge on any atom is 0.330 e. The van der Waals surface area contributed by atoms with Gasteiger partial charge in [-0.05, 0) is 44.5 Å². The molecule has 21 heavy (non-hydrogen) atoms. The van der Waals surface area contributed by atoms with Gasteiger partial charge in [-0.25, -0.2) is 5.84 Å². The van der Waals surface area contributed by atoms with Crippen LogP contribution in [0.1, 0.15) is 19.4 Å². The Kier molecular flexibility index (Phi) is 4.77. The molecule has 0 aliphatic heterocycles. The Hall–Kier alpha value is -2.12. The summed E-state index contributed by atoms with van der Waals surface area (Å²) in [5.41, 5.74) is 3.23. The number of nitrogens with zero attached hydrogens (tertiary/aromatic N) is 3. The van der Waals surface area contributed by atoms with E-state index in [2.05, 4.69) is 20.4 Å². The number of hydrogen-bond donors (Lipinski definition) is 2. The van der Waals surface area contributed by atoms with Crippen molar-refractivity contribution < 1.29 is 9.47 Å². The number of halogens is 1. The average Bonchev–Trinajstić information content (AvgIpc) is 2.42. The lowest BCUT2D eigenvalue weighted by molar-refractivity contribution is 0.218. The van der Waals surface area contributed by atoms with Crippen molar-refractivity contribution in [3.8, 4) is 17.8 Å². The third-order valence-corrected chi connectivity index (χ3v) is 2.83. The first-order chi connectivity index (χ1) is 9.97. The Labute approximate surface area is 127 Å². The third-order valence-electron chi connectivity index (χ3n) is 2.40. The molecule has 2 rings (SSSR count). The molecule has 1 heterocycles. The van der Waals surface area contributed by atoms with Crippen LogP contribution in [0.2, 0.25) is 5.02 Å². The molecular weight excluding hydrogens is 294 g/mol. The van der Waals surface area contributed by atoms with Crippen LogP contribution >= 0.6 is 11.6 Å². The second-order valence-corrected chi connectivity index (χ2v) is 4.96. The topological polar surface area (TPSA) is 95.2 Å². The van der Waals surface area contributed by atoms with Crippen molar-refractivity contribution in [2.24, 2.45) is 5.84 Å². The Morgan fingerprint density at radius 2 is 1.90 bits per heavy atom. The highest BCUT2D eigenvalue weighted by Crippen LogP contribution is 2.25. The second kappa shape index (κ2) is 6.55. The first-order valence-electron chi connectivity index (χ1n) is 6.31. The predicted molar refractivity (Wildman–Crippen MR) is 79.7 cm³/mol. The standard InChI is InChI=1S/C13H16ClN5O2/c1-7(2)20-12-16-11(19-15)17-13(18-12)21-9-4-5-10(14)8(3)6-9/h4-7H,15H2,1-3H3,(H,16,17,18,19). The van der Waals surface area contributed by atoms with Gasteiger partial charge in [0.05, 0.1) is 6.10 Å². The fraction of sp³-hybridized carbons (Fsp3) is 0.308.